The van der Waals surface area contributed by atoms with Crippen LogP contribution in [0.3, 0.4) is 0 Å². The maximum atomic E-state index is 6.90. The number of hydrogen-bond donors (Lipinski definition) is 0. The first-order valence-electron chi connectivity index (χ1n) is 18.5. The lowest BCUT2D eigenvalue weighted by Gasteiger charge is -2.13. The Bertz CT molecular complexity index is 3480. The predicted octanol–water partition coefficient (Wildman–Crippen LogP) is 13.5. The summed E-state index contributed by atoms with van der Waals surface area (Å²) < 4.78 is 16.0. The lowest BCUT2D eigenvalue weighted by molar-refractivity contribution is 0.662. The Balaban J connectivity index is 1.18. The third-order valence-electron chi connectivity index (χ3n) is 11.0. The zero-order valence-electron chi connectivity index (χ0n) is 29.4. The second kappa shape index (κ2) is 11.5. The number of nitrogens with zero attached hydrogens (tertiary/aromatic N) is 3. The Kier molecular flexibility index (Phi) is 6.27. The Morgan fingerprint density at radius 1 is 0.418 bits per heavy atom. The largest absolute Gasteiger partial charge is 0.455 e. The van der Waals surface area contributed by atoms with E-state index in [1.165, 1.54) is 21.5 Å². The van der Waals surface area contributed by atoms with Gasteiger partial charge in [-0.2, -0.15) is 0 Å². The van der Waals surface area contributed by atoms with Gasteiger partial charge in [-0.25, -0.2) is 9.97 Å². The van der Waals surface area contributed by atoms with Gasteiger partial charge in [0.1, 0.15) is 28.0 Å². The number of para-hydroxylation sites is 2. The number of rotatable bonds is 4. The molecule has 0 fully saturated rings. The summed E-state index contributed by atoms with van der Waals surface area (Å²) in [6.07, 6.45) is 0. The van der Waals surface area contributed by atoms with Crippen molar-refractivity contribution in [2.24, 2.45) is 0 Å². The Morgan fingerprint density at radius 2 is 1.09 bits per heavy atom. The molecule has 4 aromatic heterocycles. The highest BCUT2D eigenvalue weighted by atomic mass is 16.3. The summed E-state index contributed by atoms with van der Waals surface area (Å²) in [5, 5.41) is 7.81. The van der Waals surface area contributed by atoms with Gasteiger partial charge in [0.25, 0.3) is 0 Å². The van der Waals surface area contributed by atoms with E-state index < -0.39 is 0 Å². The third kappa shape index (κ3) is 4.47. The van der Waals surface area contributed by atoms with Crippen molar-refractivity contribution in [3.63, 3.8) is 0 Å². The lowest BCUT2D eigenvalue weighted by atomic mass is 10.0. The summed E-state index contributed by atoms with van der Waals surface area (Å²) >= 11 is 0. The minimum Gasteiger partial charge on any atom is -0.455 e. The van der Waals surface area contributed by atoms with Gasteiger partial charge in [0.15, 0.2) is 11.4 Å². The molecule has 5 nitrogen and oxygen atoms in total. The second-order valence-electron chi connectivity index (χ2n) is 14.1. The number of furan rings is 2. The predicted molar refractivity (Wildman–Crippen MR) is 225 cm³/mol. The summed E-state index contributed by atoms with van der Waals surface area (Å²) in [7, 11) is 0. The van der Waals surface area contributed by atoms with Gasteiger partial charge in [0.05, 0.1) is 22.1 Å². The number of aromatic nitrogens is 3. The SMILES string of the molecule is c1ccc(-c2ccc3oc4c(-c5ccc(-n6c7ccccc7c7cc8ccccc8cc76)c6c5oc5ccccc56)nc(-c5ccccc5)nc4c3c2)cc1. The molecule has 0 N–H and O–H groups in total. The third-order valence-corrected chi connectivity index (χ3v) is 11.0. The van der Waals surface area contributed by atoms with E-state index in [2.05, 4.69) is 138 Å². The maximum Gasteiger partial charge on any atom is 0.180 e. The Morgan fingerprint density at radius 3 is 1.93 bits per heavy atom. The highest BCUT2D eigenvalue weighted by molar-refractivity contribution is 6.19. The van der Waals surface area contributed by atoms with Crippen LogP contribution in [0.25, 0.3) is 116 Å². The van der Waals surface area contributed by atoms with E-state index in [0.29, 0.717) is 17.1 Å². The molecule has 0 saturated heterocycles. The van der Waals surface area contributed by atoms with Crippen LogP contribution in [0.4, 0.5) is 0 Å². The zero-order valence-corrected chi connectivity index (χ0v) is 29.4. The monoisotopic (exact) mass is 703 g/mol. The minimum atomic E-state index is 0.623. The molecule has 12 aromatic rings. The molecule has 0 aliphatic heterocycles. The van der Waals surface area contributed by atoms with Crippen molar-refractivity contribution in [2.75, 3.05) is 0 Å². The van der Waals surface area contributed by atoms with Crippen molar-refractivity contribution < 1.29 is 8.83 Å². The highest BCUT2D eigenvalue weighted by Gasteiger charge is 2.25. The van der Waals surface area contributed by atoms with Crippen molar-refractivity contribution in [3.05, 3.63) is 176 Å². The van der Waals surface area contributed by atoms with Gasteiger partial charge in [-0.1, -0.05) is 127 Å². The zero-order chi connectivity index (χ0) is 36.0. The molecule has 0 spiro atoms. The highest BCUT2D eigenvalue weighted by Crippen LogP contribution is 2.45. The lowest BCUT2D eigenvalue weighted by Crippen LogP contribution is -1.97. The molecule has 0 bridgehead atoms. The second-order valence-corrected chi connectivity index (χ2v) is 14.1. The van der Waals surface area contributed by atoms with Gasteiger partial charge in [-0.05, 0) is 70.4 Å². The van der Waals surface area contributed by atoms with Crippen LogP contribution in [0, 0.1) is 0 Å². The summed E-state index contributed by atoms with van der Waals surface area (Å²) in [6.45, 7) is 0. The van der Waals surface area contributed by atoms with Crippen molar-refractivity contribution in [2.45, 2.75) is 0 Å². The molecular formula is C50H29N3O2. The molecule has 0 amide bonds. The van der Waals surface area contributed by atoms with Crippen LogP contribution in [0.2, 0.25) is 0 Å². The molecule has 12 rings (SSSR count). The van der Waals surface area contributed by atoms with Crippen LogP contribution in [-0.4, -0.2) is 14.5 Å². The first-order valence-corrected chi connectivity index (χ1v) is 18.5. The van der Waals surface area contributed by atoms with Gasteiger partial charge < -0.3 is 13.4 Å². The van der Waals surface area contributed by atoms with Crippen molar-refractivity contribution in [1.82, 2.24) is 14.5 Å². The van der Waals surface area contributed by atoms with Gasteiger partial charge >= 0.3 is 0 Å². The van der Waals surface area contributed by atoms with Gasteiger partial charge in [-0.3, -0.25) is 0 Å². The average Bonchev–Trinajstić information content (AvgIpc) is 3.92. The molecule has 0 aliphatic carbocycles. The van der Waals surface area contributed by atoms with E-state index in [0.717, 1.165) is 77.4 Å². The first-order chi connectivity index (χ1) is 27.3. The van der Waals surface area contributed by atoms with Crippen molar-refractivity contribution in [3.8, 4) is 39.5 Å². The fourth-order valence-electron chi connectivity index (χ4n) is 8.45. The molecule has 0 radical (unpaired) electrons. The molecule has 5 heteroatoms. The van der Waals surface area contributed by atoms with Crippen LogP contribution in [0.15, 0.2) is 185 Å². The number of fused-ring (bicyclic) bond motifs is 10. The Hall–Kier alpha value is -7.50. The van der Waals surface area contributed by atoms with Crippen LogP contribution in [0.1, 0.15) is 0 Å². The fraction of sp³-hybridized carbons (Fsp3) is 0. The van der Waals surface area contributed by atoms with E-state index in [1.54, 1.807) is 0 Å². The molecular weight excluding hydrogens is 675 g/mol. The van der Waals surface area contributed by atoms with Gasteiger partial charge in [0, 0.05) is 32.7 Å². The molecule has 0 unspecified atom stereocenters. The smallest absolute Gasteiger partial charge is 0.180 e. The normalized spacial score (nSPS) is 12.0. The number of benzene rings is 8. The molecule has 8 aromatic carbocycles. The standard InChI is InChI=1S/C50H29N3O2/c1-3-13-30(14-4-1)34-23-26-44-39(28-34)47-49(55-44)46(51-50(52-47)31-15-5-2-6-16-31)37-24-25-41(45-36-20-10-12-22-43(36)54-48(37)45)53-40-21-11-9-19-35(40)38-27-32-17-7-8-18-33(32)29-42(38)53/h1-29H. The van der Waals surface area contributed by atoms with Gasteiger partial charge in [-0.15, -0.1) is 0 Å². The maximum absolute atomic E-state index is 6.90. The summed E-state index contributed by atoms with van der Waals surface area (Å²) in [5.41, 5.74) is 11.7. The molecule has 0 atom stereocenters. The molecule has 256 valence electrons. The van der Waals surface area contributed by atoms with Gasteiger partial charge in [0.2, 0.25) is 0 Å². The fourth-order valence-corrected chi connectivity index (χ4v) is 8.45. The molecule has 4 heterocycles. The summed E-state index contributed by atoms with van der Waals surface area (Å²) in [5.74, 6) is 0.624. The van der Waals surface area contributed by atoms with E-state index in [1.807, 2.05) is 42.5 Å². The van der Waals surface area contributed by atoms with E-state index >= 15 is 0 Å². The van der Waals surface area contributed by atoms with Crippen molar-refractivity contribution >= 4 is 76.6 Å². The van der Waals surface area contributed by atoms with E-state index in [-0.39, 0.29) is 0 Å². The first kappa shape index (κ1) is 30.0. The van der Waals surface area contributed by atoms with E-state index in [4.69, 9.17) is 18.8 Å². The Labute approximate surface area is 314 Å². The molecule has 55 heavy (non-hydrogen) atoms. The topological polar surface area (TPSA) is 57.0 Å². The summed E-state index contributed by atoms with van der Waals surface area (Å²) in [4.78, 5) is 10.5. The average molecular weight is 704 g/mol. The van der Waals surface area contributed by atoms with Crippen LogP contribution >= 0.6 is 0 Å². The van der Waals surface area contributed by atoms with Crippen molar-refractivity contribution in [1.29, 1.82) is 0 Å². The summed E-state index contributed by atoms with van der Waals surface area (Å²) in [6, 6.07) is 61.4. The van der Waals surface area contributed by atoms with Crippen LogP contribution in [0.5, 0.6) is 0 Å². The van der Waals surface area contributed by atoms with Crippen LogP contribution < -0.4 is 0 Å². The quantitative estimate of drug-likeness (QED) is 0.183. The molecule has 0 aliphatic rings. The number of hydrogen-bond acceptors (Lipinski definition) is 4. The van der Waals surface area contributed by atoms with E-state index in [9.17, 15) is 0 Å². The minimum absolute atomic E-state index is 0.623. The molecule has 0 saturated carbocycles. The van der Waals surface area contributed by atoms with Crippen LogP contribution in [-0.2, 0) is 0 Å².